The summed E-state index contributed by atoms with van der Waals surface area (Å²) in [4.78, 5) is 11.4. The highest BCUT2D eigenvalue weighted by Gasteiger charge is 2.03. The molecule has 0 fully saturated rings. The van der Waals surface area contributed by atoms with E-state index in [1.807, 2.05) is 24.3 Å². The summed E-state index contributed by atoms with van der Waals surface area (Å²) in [7, 11) is 0. The lowest BCUT2D eigenvalue weighted by molar-refractivity contribution is -0.142. The topological polar surface area (TPSA) is 38.3 Å². The van der Waals surface area contributed by atoms with Crippen molar-refractivity contribution >= 4 is 24.1 Å². The highest BCUT2D eigenvalue weighted by atomic mass is 35.5. The third-order valence-corrected chi connectivity index (χ3v) is 3.02. The van der Waals surface area contributed by atoms with E-state index in [0.717, 1.165) is 16.8 Å². The zero-order valence-corrected chi connectivity index (χ0v) is 13.2. The van der Waals surface area contributed by atoms with Crippen LogP contribution >= 0.6 is 12.4 Å². The first-order chi connectivity index (χ1) is 10.2. The fourth-order valence-corrected chi connectivity index (χ4v) is 1.93. The van der Waals surface area contributed by atoms with Gasteiger partial charge in [-0.1, -0.05) is 24.3 Å². The smallest absolute Gasteiger partial charge is 0.310 e. The number of carbonyl (C=O) groups excluding carboxylic acids is 1. The van der Waals surface area contributed by atoms with Gasteiger partial charge in [-0.25, -0.2) is 4.39 Å². The summed E-state index contributed by atoms with van der Waals surface area (Å²) in [6.07, 6.45) is 0.284. The molecule has 0 aromatic heterocycles. The van der Waals surface area contributed by atoms with Crippen LogP contribution in [-0.4, -0.2) is 12.6 Å². The Morgan fingerprint density at radius 2 is 1.64 bits per heavy atom. The molecular formula is C17H19ClFNO2. The number of carbonyl (C=O) groups is 1. The Kier molecular flexibility index (Phi) is 7.40. The molecule has 1 N–H and O–H groups in total. The Morgan fingerprint density at radius 1 is 1.05 bits per heavy atom. The molecule has 0 unspecified atom stereocenters. The molecule has 0 spiro atoms. The van der Waals surface area contributed by atoms with E-state index in [1.54, 1.807) is 19.1 Å². The normalized spacial score (nSPS) is 9.73. The number of benzene rings is 2. The van der Waals surface area contributed by atoms with Crippen LogP contribution in [0.2, 0.25) is 0 Å². The predicted molar refractivity (Wildman–Crippen MR) is 87.8 cm³/mol. The average molecular weight is 324 g/mol. The summed E-state index contributed by atoms with van der Waals surface area (Å²) in [5.74, 6) is -0.452. The molecule has 0 saturated heterocycles. The first-order valence-corrected chi connectivity index (χ1v) is 6.90. The molecule has 0 atom stereocenters. The molecule has 2 aromatic carbocycles. The molecular weight excluding hydrogens is 305 g/mol. The van der Waals surface area contributed by atoms with E-state index in [-0.39, 0.29) is 30.6 Å². The molecule has 5 heteroatoms. The Hall–Kier alpha value is -2.07. The molecule has 0 heterocycles. The molecule has 3 nitrogen and oxygen atoms in total. The van der Waals surface area contributed by atoms with Crippen LogP contribution in [0.1, 0.15) is 18.1 Å². The van der Waals surface area contributed by atoms with Gasteiger partial charge in [0, 0.05) is 12.2 Å². The predicted octanol–water partition coefficient (Wildman–Crippen LogP) is 3.97. The van der Waals surface area contributed by atoms with Gasteiger partial charge in [0.2, 0.25) is 0 Å². The second kappa shape index (κ2) is 9.05. The number of rotatable bonds is 6. The second-order valence-corrected chi connectivity index (χ2v) is 4.66. The van der Waals surface area contributed by atoms with Gasteiger partial charge in [0.05, 0.1) is 13.0 Å². The molecule has 22 heavy (non-hydrogen) atoms. The van der Waals surface area contributed by atoms with Crippen LogP contribution in [0.4, 0.5) is 10.1 Å². The number of hydrogen-bond donors (Lipinski definition) is 1. The average Bonchev–Trinajstić information content (AvgIpc) is 2.48. The lowest BCUT2D eigenvalue weighted by Crippen LogP contribution is -2.07. The zero-order chi connectivity index (χ0) is 15.1. The maximum absolute atomic E-state index is 12.8. The number of ether oxygens (including phenoxy) is 1. The van der Waals surface area contributed by atoms with Gasteiger partial charge in [0.1, 0.15) is 5.82 Å². The molecule has 2 rings (SSSR count). The van der Waals surface area contributed by atoms with Gasteiger partial charge in [0.25, 0.3) is 0 Å². The molecule has 0 bridgehead atoms. The van der Waals surface area contributed by atoms with Gasteiger partial charge >= 0.3 is 5.97 Å². The number of halogens is 2. The maximum atomic E-state index is 12.8. The van der Waals surface area contributed by atoms with Crippen molar-refractivity contribution in [1.29, 1.82) is 0 Å². The highest BCUT2D eigenvalue weighted by Crippen LogP contribution is 2.12. The molecule has 0 amide bonds. The Morgan fingerprint density at radius 3 is 2.23 bits per heavy atom. The molecule has 0 saturated carbocycles. The van der Waals surface area contributed by atoms with Crippen molar-refractivity contribution < 1.29 is 13.9 Å². The molecule has 0 aliphatic heterocycles. The Balaban J connectivity index is 0.00000242. The fraction of sp³-hybridized carbons (Fsp3) is 0.235. The quantitative estimate of drug-likeness (QED) is 0.818. The molecule has 0 aliphatic carbocycles. The fourth-order valence-electron chi connectivity index (χ4n) is 1.93. The summed E-state index contributed by atoms with van der Waals surface area (Å²) >= 11 is 0. The molecule has 0 aliphatic rings. The SMILES string of the molecule is CCOC(=O)Cc1ccc(NCc2ccc(F)cc2)cc1.Cl. The molecule has 2 aromatic rings. The standard InChI is InChI=1S/C17H18FNO2.ClH/c1-2-21-17(20)11-13-5-9-16(10-6-13)19-12-14-3-7-15(18)8-4-14;/h3-10,19H,2,11-12H2,1H3;1H. The van der Waals surface area contributed by atoms with E-state index in [4.69, 9.17) is 4.74 Å². The van der Waals surface area contributed by atoms with E-state index in [9.17, 15) is 9.18 Å². The third kappa shape index (κ3) is 5.74. The van der Waals surface area contributed by atoms with Gasteiger partial charge in [-0.2, -0.15) is 0 Å². The van der Waals surface area contributed by atoms with Crippen LogP contribution in [0.15, 0.2) is 48.5 Å². The van der Waals surface area contributed by atoms with E-state index in [1.165, 1.54) is 12.1 Å². The van der Waals surface area contributed by atoms with Crippen LogP contribution in [-0.2, 0) is 22.5 Å². The van der Waals surface area contributed by atoms with Crippen LogP contribution < -0.4 is 5.32 Å². The van der Waals surface area contributed by atoms with Gasteiger partial charge in [-0.05, 0) is 42.3 Å². The lowest BCUT2D eigenvalue weighted by Gasteiger charge is -2.08. The van der Waals surface area contributed by atoms with Crippen molar-refractivity contribution in [3.05, 3.63) is 65.5 Å². The van der Waals surface area contributed by atoms with Crippen molar-refractivity contribution in [2.24, 2.45) is 0 Å². The first-order valence-electron chi connectivity index (χ1n) is 6.90. The van der Waals surface area contributed by atoms with Gasteiger partial charge in [0.15, 0.2) is 0 Å². The largest absolute Gasteiger partial charge is 0.466 e. The van der Waals surface area contributed by atoms with Crippen molar-refractivity contribution in [2.45, 2.75) is 19.9 Å². The zero-order valence-electron chi connectivity index (χ0n) is 12.3. The summed E-state index contributed by atoms with van der Waals surface area (Å²) in [5.41, 5.74) is 2.87. The van der Waals surface area contributed by atoms with E-state index >= 15 is 0 Å². The highest BCUT2D eigenvalue weighted by molar-refractivity contribution is 5.85. The van der Waals surface area contributed by atoms with Crippen LogP contribution in [0.3, 0.4) is 0 Å². The minimum Gasteiger partial charge on any atom is -0.466 e. The van der Waals surface area contributed by atoms with Gasteiger partial charge in [-0.15, -0.1) is 12.4 Å². The molecule has 0 radical (unpaired) electrons. The Labute approximate surface area is 135 Å². The molecule has 118 valence electrons. The number of esters is 1. The van der Waals surface area contributed by atoms with E-state index < -0.39 is 0 Å². The lowest BCUT2D eigenvalue weighted by atomic mass is 10.1. The number of anilines is 1. The second-order valence-electron chi connectivity index (χ2n) is 4.66. The minimum atomic E-state index is -0.234. The Bertz CT molecular complexity index is 585. The van der Waals surface area contributed by atoms with Crippen molar-refractivity contribution in [3.8, 4) is 0 Å². The van der Waals surface area contributed by atoms with Crippen molar-refractivity contribution in [3.63, 3.8) is 0 Å². The number of hydrogen-bond acceptors (Lipinski definition) is 3. The van der Waals surface area contributed by atoms with Crippen molar-refractivity contribution in [2.75, 3.05) is 11.9 Å². The van der Waals surface area contributed by atoms with Gasteiger partial charge in [-0.3, -0.25) is 4.79 Å². The summed E-state index contributed by atoms with van der Waals surface area (Å²) in [5, 5.41) is 3.25. The van der Waals surface area contributed by atoms with Crippen LogP contribution in [0.5, 0.6) is 0 Å². The maximum Gasteiger partial charge on any atom is 0.310 e. The van der Waals surface area contributed by atoms with Crippen molar-refractivity contribution in [1.82, 2.24) is 0 Å². The number of nitrogens with one attached hydrogen (secondary N) is 1. The van der Waals surface area contributed by atoms with Gasteiger partial charge < -0.3 is 10.1 Å². The monoisotopic (exact) mass is 323 g/mol. The third-order valence-electron chi connectivity index (χ3n) is 3.02. The van der Waals surface area contributed by atoms with Crippen LogP contribution in [0.25, 0.3) is 0 Å². The minimum absolute atomic E-state index is 0. The van der Waals surface area contributed by atoms with E-state index in [0.29, 0.717) is 13.2 Å². The van der Waals surface area contributed by atoms with Crippen LogP contribution in [0, 0.1) is 5.82 Å². The summed E-state index contributed by atoms with van der Waals surface area (Å²) < 4.78 is 17.7. The first kappa shape index (κ1) is 18.0. The summed E-state index contributed by atoms with van der Waals surface area (Å²) in [6.45, 7) is 2.81. The van der Waals surface area contributed by atoms with E-state index in [2.05, 4.69) is 5.32 Å². The summed E-state index contributed by atoms with van der Waals surface area (Å²) in [6, 6.07) is 14.0.